The quantitative estimate of drug-likeness (QED) is 0.712. The minimum absolute atomic E-state index is 0.211. The van der Waals surface area contributed by atoms with E-state index < -0.39 is 0 Å². The summed E-state index contributed by atoms with van der Waals surface area (Å²) < 4.78 is 16.5. The van der Waals surface area contributed by atoms with Gasteiger partial charge >= 0.3 is 0 Å². The summed E-state index contributed by atoms with van der Waals surface area (Å²) in [4.78, 5) is 3.99. The smallest absolute Gasteiger partial charge is 0.123 e. The number of hydrogen-bond donors (Lipinski definition) is 0. The summed E-state index contributed by atoms with van der Waals surface area (Å²) in [7, 11) is 0. The third-order valence-electron chi connectivity index (χ3n) is 3.03. The fourth-order valence-corrected chi connectivity index (χ4v) is 1.98. The Balaban J connectivity index is 1.58. The van der Waals surface area contributed by atoms with Crippen molar-refractivity contribution >= 4 is 0 Å². The third-order valence-corrected chi connectivity index (χ3v) is 3.03. The maximum absolute atomic E-state index is 12.8. The summed E-state index contributed by atoms with van der Waals surface area (Å²) in [6, 6.07) is 6.53. The van der Waals surface area contributed by atoms with Gasteiger partial charge in [0.15, 0.2) is 0 Å². The lowest BCUT2D eigenvalue weighted by atomic mass is 10.1. The van der Waals surface area contributed by atoms with Gasteiger partial charge in [-0.2, -0.15) is 0 Å². The summed E-state index contributed by atoms with van der Waals surface area (Å²) in [6.45, 7) is 1.39. The van der Waals surface area contributed by atoms with Crippen molar-refractivity contribution in [3.05, 3.63) is 66.3 Å². The van der Waals surface area contributed by atoms with Crippen LogP contribution in [0.2, 0.25) is 0 Å². The molecule has 0 N–H and O–H groups in total. The van der Waals surface area contributed by atoms with E-state index in [2.05, 4.69) is 15.3 Å². The van der Waals surface area contributed by atoms with Crippen LogP contribution in [0.25, 0.3) is 0 Å². The highest BCUT2D eigenvalue weighted by Crippen LogP contribution is 2.05. The number of aryl methyl sites for hydroxylation is 2. The molecule has 0 atom stereocenters. The molecule has 0 aliphatic carbocycles. The first-order valence-electron chi connectivity index (χ1n) is 6.39. The van der Waals surface area contributed by atoms with E-state index in [-0.39, 0.29) is 5.82 Å². The monoisotopic (exact) mass is 271 g/mol. The molecule has 102 valence electrons. The standard InChI is InChI=1S/C14H14FN5/c15-13-3-1-12(2-4-13)5-7-20-10-14(17-18-20)9-19-8-6-16-11-19/h1-4,6,8,10-11H,5,7,9H2. The highest BCUT2D eigenvalue weighted by atomic mass is 19.1. The average Bonchev–Trinajstić information content (AvgIpc) is 3.11. The molecule has 0 aliphatic rings. The topological polar surface area (TPSA) is 48.5 Å². The predicted octanol–water partition coefficient (Wildman–Crippen LogP) is 1.90. The van der Waals surface area contributed by atoms with Crippen molar-refractivity contribution in [3.8, 4) is 0 Å². The highest BCUT2D eigenvalue weighted by Gasteiger charge is 2.02. The number of benzene rings is 1. The van der Waals surface area contributed by atoms with E-state index in [4.69, 9.17) is 0 Å². The molecule has 0 radical (unpaired) electrons. The number of aromatic nitrogens is 5. The lowest BCUT2D eigenvalue weighted by Crippen LogP contribution is -2.02. The van der Waals surface area contributed by atoms with Gasteiger partial charge in [0.2, 0.25) is 0 Å². The molecule has 0 spiro atoms. The van der Waals surface area contributed by atoms with Crippen molar-refractivity contribution in [2.75, 3.05) is 0 Å². The zero-order chi connectivity index (χ0) is 13.8. The van der Waals surface area contributed by atoms with Crippen molar-refractivity contribution in [3.63, 3.8) is 0 Å². The van der Waals surface area contributed by atoms with Crippen molar-refractivity contribution in [1.29, 1.82) is 0 Å². The Hall–Kier alpha value is -2.50. The molecule has 20 heavy (non-hydrogen) atoms. The largest absolute Gasteiger partial charge is 0.331 e. The van der Waals surface area contributed by atoms with Crippen LogP contribution in [0.15, 0.2) is 49.2 Å². The van der Waals surface area contributed by atoms with Crippen LogP contribution in [0.5, 0.6) is 0 Å². The Bertz CT molecular complexity index is 657. The minimum Gasteiger partial charge on any atom is -0.331 e. The van der Waals surface area contributed by atoms with Gasteiger partial charge in [-0.05, 0) is 24.1 Å². The van der Waals surface area contributed by atoms with Crippen LogP contribution in [0.3, 0.4) is 0 Å². The maximum atomic E-state index is 12.8. The first kappa shape index (κ1) is 12.5. The van der Waals surface area contributed by atoms with Crippen LogP contribution >= 0.6 is 0 Å². The summed E-state index contributed by atoms with van der Waals surface area (Å²) in [5, 5.41) is 8.21. The molecule has 0 aliphatic heterocycles. The van der Waals surface area contributed by atoms with Crippen LogP contribution in [-0.4, -0.2) is 24.5 Å². The molecule has 1 aromatic carbocycles. The van der Waals surface area contributed by atoms with Gasteiger partial charge in [-0.15, -0.1) is 5.10 Å². The molecule has 0 amide bonds. The van der Waals surface area contributed by atoms with E-state index in [0.29, 0.717) is 6.54 Å². The van der Waals surface area contributed by atoms with Gasteiger partial charge in [-0.25, -0.2) is 9.37 Å². The number of imidazole rings is 1. The summed E-state index contributed by atoms with van der Waals surface area (Å²) in [5.74, 6) is -0.211. The Labute approximate surface area is 115 Å². The molecule has 3 rings (SSSR count). The third kappa shape index (κ3) is 3.09. The molecule has 0 unspecified atom stereocenters. The second kappa shape index (κ2) is 5.64. The van der Waals surface area contributed by atoms with Gasteiger partial charge in [0.1, 0.15) is 11.5 Å². The first-order chi connectivity index (χ1) is 9.79. The van der Waals surface area contributed by atoms with Crippen LogP contribution < -0.4 is 0 Å². The SMILES string of the molecule is Fc1ccc(CCn2cc(Cn3ccnc3)nn2)cc1. The molecular weight excluding hydrogens is 257 g/mol. The summed E-state index contributed by atoms with van der Waals surface area (Å²) in [6.07, 6.45) is 8.09. The van der Waals surface area contributed by atoms with E-state index in [1.54, 1.807) is 29.3 Å². The molecule has 3 aromatic rings. The van der Waals surface area contributed by atoms with E-state index in [0.717, 1.165) is 24.2 Å². The molecule has 2 heterocycles. The summed E-state index contributed by atoms with van der Waals surface area (Å²) >= 11 is 0. The van der Waals surface area contributed by atoms with Crippen LogP contribution in [0.1, 0.15) is 11.3 Å². The fourth-order valence-electron chi connectivity index (χ4n) is 1.98. The van der Waals surface area contributed by atoms with Gasteiger partial charge in [-0.1, -0.05) is 17.3 Å². The average molecular weight is 271 g/mol. The van der Waals surface area contributed by atoms with Gasteiger partial charge < -0.3 is 4.57 Å². The van der Waals surface area contributed by atoms with E-state index >= 15 is 0 Å². The predicted molar refractivity (Wildman–Crippen MR) is 71.5 cm³/mol. The lowest BCUT2D eigenvalue weighted by Gasteiger charge is -2.01. The Morgan fingerprint density at radius 1 is 1.15 bits per heavy atom. The first-order valence-corrected chi connectivity index (χ1v) is 6.39. The van der Waals surface area contributed by atoms with Crippen molar-refractivity contribution < 1.29 is 4.39 Å². The second-order valence-electron chi connectivity index (χ2n) is 4.58. The summed E-state index contributed by atoms with van der Waals surface area (Å²) in [5.41, 5.74) is 1.97. The lowest BCUT2D eigenvalue weighted by molar-refractivity contribution is 0.587. The number of halogens is 1. The molecule has 0 bridgehead atoms. The molecule has 6 heteroatoms. The normalized spacial score (nSPS) is 10.8. The highest BCUT2D eigenvalue weighted by molar-refractivity contribution is 5.16. The molecule has 2 aromatic heterocycles. The second-order valence-corrected chi connectivity index (χ2v) is 4.58. The minimum atomic E-state index is -0.211. The van der Waals surface area contributed by atoms with Crippen molar-refractivity contribution in [2.45, 2.75) is 19.5 Å². The van der Waals surface area contributed by atoms with Crippen LogP contribution in [-0.2, 0) is 19.5 Å². The maximum Gasteiger partial charge on any atom is 0.123 e. The Morgan fingerprint density at radius 2 is 2.00 bits per heavy atom. The van der Waals surface area contributed by atoms with Gasteiger partial charge in [0.05, 0.1) is 19.1 Å². The van der Waals surface area contributed by atoms with E-state index in [9.17, 15) is 4.39 Å². The number of rotatable bonds is 5. The van der Waals surface area contributed by atoms with Gasteiger partial charge in [-0.3, -0.25) is 4.68 Å². The van der Waals surface area contributed by atoms with Crippen LogP contribution in [0.4, 0.5) is 4.39 Å². The van der Waals surface area contributed by atoms with Crippen LogP contribution in [0, 0.1) is 5.82 Å². The molecule has 0 saturated heterocycles. The van der Waals surface area contributed by atoms with E-state index in [1.807, 2.05) is 17.0 Å². The van der Waals surface area contributed by atoms with Crippen molar-refractivity contribution in [1.82, 2.24) is 24.5 Å². The zero-order valence-corrected chi connectivity index (χ0v) is 10.9. The van der Waals surface area contributed by atoms with Gasteiger partial charge in [0.25, 0.3) is 0 Å². The molecule has 0 fully saturated rings. The molecular formula is C14H14FN5. The van der Waals surface area contributed by atoms with Gasteiger partial charge in [0, 0.05) is 18.9 Å². The molecule has 0 saturated carbocycles. The molecule has 5 nitrogen and oxygen atoms in total. The fraction of sp³-hybridized carbons (Fsp3) is 0.214. The Kier molecular flexibility index (Phi) is 3.54. The Morgan fingerprint density at radius 3 is 2.75 bits per heavy atom. The zero-order valence-electron chi connectivity index (χ0n) is 10.9. The van der Waals surface area contributed by atoms with E-state index in [1.165, 1.54) is 12.1 Å². The number of nitrogens with zero attached hydrogens (tertiary/aromatic N) is 5. The van der Waals surface area contributed by atoms with Crippen molar-refractivity contribution in [2.24, 2.45) is 0 Å². The number of hydrogen-bond acceptors (Lipinski definition) is 3.